The Morgan fingerprint density at radius 2 is 2.20 bits per heavy atom. The fourth-order valence-corrected chi connectivity index (χ4v) is 3.87. The van der Waals surface area contributed by atoms with Crippen molar-refractivity contribution in [2.24, 2.45) is 12.0 Å². The number of nitrogens with zero attached hydrogens (tertiary/aromatic N) is 5. The maximum absolute atomic E-state index is 4.43. The zero-order chi connectivity index (χ0) is 18.0. The van der Waals surface area contributed by atoms with Gasteiger partial charge in [-0.3, -0.25) is 14.6 Å². The number of guanidine groups is 1. The minimum absolute atomic E-state index is 0.262. The maximum Gasteiger partial charge on any atom is 0.191 e. The molecule has 0 aromatic carbocycles. The van der Waals surface area contributed by atoms with Crippen molar-refractivity contribution in [2.45, 2.75) is 50.4 Å². The molecule has 1 aliphatic carbocycles. The highest BCUT2D eigenvalue weighted by molar-refractivity contribution is 5.80. The molecule has 0 spiro atoms. The zero-order valence-electron chi connectivity index (χ0n) is 16.2. The van der Waals surface area contributed by atoms with Crippen LogP contribution < -0.4 is 10.6 Å². The molecule has 3 rings (SSSR count). The number of hydrogen-bond acceptors (Lipinski definition) is 4. The van der Waals surface area contributed by atoms with E-state index in [0.717, 1.165) is 25.1 Å². The Balaban J connectivity index is 1.53. The molecule has 1 saturated carbocycles. The van der Waals surface area contributed by atoms with Crippen molar-refractivity contribution < 1.29 is 0 Å². The highest BCUT2D eigenvalue weighted by Gasteiger charge is 2.38. The van der Waals surface area contributed by atoms with Crippen LogP contribution in [-0.2, 0) is 7.05 Å². The third kappa shape index (κ3) is 4.52. The van der Waals surface area contributed by atoms with E-state index in [-0.39, 0.29) is 6.04 Å². The van der Waals surface area contributed by atoms with Crippen LogP contribution in [0.15, 0.2) is 17.4 Å². The average Bonchev–Trinajstić information content (AvgIpc) is 3.22. The second-order valence-electron chi connectivity index (χ2n) is 7.73. The van der Waals surface area contributed by atoms with E-state index in [1.807, 2.05) is 25.0 Å². The average molecular weight is 348 g/mol. The normalized spacial score (nSPS) is 26.2. The van der Waals surface area contributed by atoms with Crippen molar-refractivity contribution in [1.29, 1.82) is 0 Å². The van der Waals surface area contributed by atoms with E-state index in [1.54, 1.807) is 0 Å². The van der Waals surface area contributed by atoms with Crippen LogP contribution in [0.5, 0.6) is 0 Å². The zero-order valence-corrected chi connectivity index (χ0v) is 16.2. The molecule has 1 aromatic heterocycles. The van der Waals surface area contributed by atoms with Crippen molar-refractivity contribution in [3.05, 3.63) is 18.0 Å². The monoisotopic (exact) mass is 347 g/mol. The number of likely N-dealkylation sites (N-methyl/N-ethyl adjacent to an activating group) is 1. The van der Waals surface area contributed by atoms with Crippen LogP contribution in [0, 0.1) is 0 Å². The van der Waals surface area contributed by atoms with Gasteiger partial charge in [0.15, 0.2) is 5.96 Å². The molecule has 1 aromatic rings. The quantitative estimate of drug-likeness (QED) is 0.589. The Morgan fingerprint density at radius 3 is 2.76 bits per heavy atom. The van der Waals surface area contributed by atoms with E-state index in [2.05, 4.69) is 57.7 Å². The summed E-state index contributed by atoms with van der Waals surface area (Å²) in [5.74, 6) is 0.894. The van der Waals surface area contributed by atoms with Gasteiger partial charge >= 0.3 is 0 Å². The van der Waals surface area contributed by atoms with Gasteiger partial charge in [-0.15, -0.1) is 0 Å². The predicted octanol–water partition coefficient (Wildman–Crippen LogP) is 0.813. The van der Waals surface area contributed by atoms with Crippen molar-refractivity contribution in [1.82, 2.24) is 30.2 Å². The molecular weight excluding hydrogens is 314 g/mol. The van der Waals surface area contributed by atoms with Crippen molar-refractivity contribution >= 4 is 5.96 Å². The maximum atomic E-state index is 4.43. The topological polar surface area (TPSA) is 60.7 Å². The van der Waals surface area contributed by atoms with Gasteiger partial charge in [0.1, 0.15) is 0 Å². The molecule has 25 heavy (non-hydrogen) atoms. The van der Waals surface area contributed by atoms with Gasteiger partial charge in [0.05, 0.1) is 12.2 Å². The molecule has 2 aliphatic rings. The number of rotatable bonds is 6. The van der Waals surface area contributed by atoms with Crippen LogP contribution in [0.3, 0.4) is 0 Å². The van der Waals surface area contributed by atoms with Crippen LogP contribution in [0.2, 0.25) is 0 Å². The summed E-state index contributed by atoms with van der Waals surface area (Å²) in [6, 6.07) is 2.25. The van der Waals surface area contributed by atoms with Gasteiger partial charge in [-0.2, -0.15) is 5.10 Å². The summed E-state index contributed by atoms with van der Waals surface area (Å²) in [5.41, 5.74) is 1.21. The lowest BCUT2D eigenvalue weighted by Crippen LogP contribution is -2.46. The molecule has 0 radical (unpaired) electrons. The molecule has 0 amide bonds. The summed E-state index contributed by atoms with van der Waals surface area (Å²) >= 11 is 0. The molecule has 7 heteroatoms. The van der Waals surface area contributed by atoms with E-state index < -0.39 is 0 Å². The highest BCUT2D eigenvalue weighted by atomic mass is 15.3. The standard InChI is InChI=1S/C18H33N7/c1-13-8-15(12-25(13)16-6-7-16)22-18(19-2)20-10-17(23(3)4)14-9-21-24(5)11-14/h9,11,13,15-17H,6-8,10,12H2,1-5H3,(H2,19,20,22). The molecular formula is C18H33N7. The number of aromatic nitrogens is 2. The Labute approximate surface area is 151 Å². The van der Waals surface area contributed by atoms with Crippen LogP contribution >= 0.6 is 0 Å². The first-order chi connectivity index (χ1) is 12.0. The summed E-state index contributed by atoms with van der Waals surface area (Å²) < 4.78 is 1.85. The lowest BCUT2D eigenvalue weighted by atomic mass is 10.1. The predicted molar refractivity (Wildman–Crippen MR) is 102 cm³/mol. The summed E-state index contributed by atoms with van der Waals surface area (Å²) in [7, 11) is 8.00. The fraction of sp³-hybridized carbons (Fsp3) is 0.778. The van der Waals surface area contributed by atoms with Gasteiger partial charge in [-0.05, 0) is 40.3 Å². The smallest absolute Gasteiger partial charge is 0.191 e. The Bertz CT molecular complexity index is 590. The van der Waals surface area contributed by atoms with Crippen LogP contribution in [0.25, 0.3) is 0 Å². The number of hydrogen-bond donors (Lipinski definition) is 2. The number of likely N-dealkylation sites (tertiary alicyclic amines) is 1. The number of aliphatic imine (C=N–C) groups is 1. The second kappa shape index (κ2) is 7.74. The van der Waals surface area contributed by atoms with Gasteiger partial charge < -0.3 is 15.5 Å². The summed E-state index contributed by atoms with van der Waals surface area (Å²) in [6.45, 7) is 4.28. The van der Waals surface area contributed by atoms with Crippen LogP contribution in [0.1, 0.15) is 37.8 Å². The summed E-state index contributed by atoms with van der Waals surface area (Å²) in [4.78, 5) is 9.30. The van der Waals surface area contributed by atoms with Gasteiger partial charge in [-0.25, -0.2) is 0 Å². The molecule has 3 unspecified atom stereocenters. The van der Waals surface area contributed by atoms with Crippen molar-refractivity contribution in [3.63, 3.8) is 0 Å². The molecule has 1 saturated heterocycles. The number of aryl methyl sites for hydroxylation is 1. The molecule has 3 atom stereocenters. The fourth-order valence-electron chi connectivity index (χ4n) is 3.87. The highest BCUT2D eigenvalue weighted by Crippen LogP contribution is 2.33. The molecule has 1 aliphatic heterocycles. The minimum Gasteiger partial charge on any atom is -0.354 e. The molecule has 7 nitrogen and oxygen atoms in total. The van der Waals surface area contributed by atoms with E-state index in [9.17, 15) is 0 Å². The molecule has 2 heterocycles. The van der Waals surface area contributed by atoms with E-state index in [4.69, 9.17) is 0 Å². The Kier molecular flexibility index (Phi) is 5.64. The van der Waals surface area contributed by atoms with Gasteiger partial charge in [0.25, 0.3) is 0 Å². The minimum atomic E-state index is 0.262. The van der Waals surface area contributed by atoms with Crippen LogP contribution in [0.4, 0.5) is 0 Å². The van der Waals surface area contributed by atoms with Gasteiger partial charge in [0.2, 0.25) is 0 Å². The third-order valence-corrected chi connectivity index (χ3v) is 5.40. The lowest BCUT2D eigenvalue weighted by Gasteiger charge is -2.25. The van der Waals surface area contributed by atoms with Crippen molar-refractivity contribution in [2.75, 3.05) is 34.2 Å². The molecule has 2 fully saturated rings. The molecule has 0 bridgehead atoms. The van der Waals surface area contributed by atoms with E-state index >= 15 is 0 Å². The van der Waals surface area contributed by atoms with Crippen molar-refractivity contribution in [3.8, 4) is 0 Å². The SMILES string of the molecule is CN=C(NCC(c1cnn(C)c1)N(C)C)NC1CC(C)N(C2CC2)C1. The Morgan fingerprint density at radius 1 is 1.44 bits per heavy atom. The first-order valence-corrected chi connectivity index (χ1v) is 9.35. The lowest BCUT2D eigenvalue weighted by molar-refractivity contribution is 0.256. The molecule has 140 valence electrons. The summed E-state index contributed by atoms with van der Waals surface area (Å²) in [5, 5.41) is 11.4. The third-order valence-electron chi connectivity index (χ3n) is 5.40. The Hall–Kier alpha value is -1.60. The second-order valence-corrected chi connectivity index (χ2v) is 7.73. The first-order valence-electron chi connectivity index (χ1n) is 9.35. The first kappa shape index (κ1) is 18.2. The van der Waals surface area contributed by atoms with Crippen LogP contribution in [-0.4, -0.2) is 77.9 Å². The number of nitrogens with one attached hydrogen (secondary N) is 2. The van der Waals surface area contributed by atoms with E-state index in [1.165, 1.54) is 24.8 Å². The van der Waals surface area contributed by atoms with Gasteiger partial charge in [0, 0.05) is 57.1 Å². The van der Waals surface area contributed by atoms with E-state index in [0.29, 0.717) is 12.1 Å². The summed E-state index contributed by atoms with van der Waals surface area (Å²) in [6.07, 6.45) is 7.96. The van der Waals surface area contributed by atoms with Gasteiger partial charge in [-0.1, -0.05) is 0 Å². The largest absolute Gasteiger partial charge is 0.354 e. The molecule has 2 N–H and O–H groups in total.